The van der Waals surface area contributed by atoms with E-state index >= 15 is 0 Å². The average molecular weight is 428 g/mol. The monoisotopic (exact) mass is 428 g/mol. The minimum atomic E-state index is -0.585. The van der Waals surface area contributed by atoms with Crippen LogP contribution in [0.15, 0.2) is 42.5 Å². The zero-order valence-electron chi connectivity index (χ0n) is 12.1. The summed E-state index contributed by atoms with van der Waals surface area (Å²) in [5.74, 6) is 0.401. The average Bonchev–Trinajstić information content (AvgIpc) is 2.53. The molecule has 0 atom stereocenters. The maximum atomic E-state index is 11.9. The van der Waals surface area contributed by atoms with E-state index in [2.05, 4.69) is 27.9 Å². The summed E-state index contributed by atoms with van der Waals surface area (Å²) in [5.41, 5.74) is -0.154. The van der Waals surface area contributed by atoms with Gasteiger partial charge >= 0.3 is 0 Å². The summed E-state index contributed by atoms with van der Waals surface area (Å²) in [7, 11) is 1.41. The van der Waals surface area contributed by atoms with Gasteiger partial charge in [-0.05, 0) is 52.9 Å². The van der Waals surface area contributed by atoms with Gasteiger partial charge in [-0.3, -0.25) is 14.9 Å². The van der Waals surface area contributed by atoms with E-state index in [1.807, 2.05) is 12.1 Å². The van der Waals surface area contributed by atoms with Crippen LogP contribution in [0.2, 0.25) is 0 Å². The van der Waals surface area contributed by atoms with Crippen molar-refractivity contribution in [3.8, 4) is 11.5 Å². The highest BCUT2D eigenvalue weighted by molar-refractivity contribution is 14.1. The van der Waals surface area contributed by atoms with Crippen LogP contribution in [0.4, 0.5) is 11.4 Å². The molecule has 0 aliphatic heterocycles. The Hall–Kier alpha value is -2.36. The van der Waals surface area contributed by atoms with E-state index in [9.17, 15) is 14.9 Å². The third-order valence-electron chi connectivity index (χ3n) is 2.84. The predicted molar refractivity (Wildman–Crippen MR) is 92.9 cm³/mol. The molecule has 0 saturated carbocycles. The second-order valence-corrected chi connectivity index (χ2v) is 5.68. The Morgan fingerprint density at radius 1 is 1.26 bits per heavy atom. The van der Waals surface area contributed by atoms with E-state index in [0.717, 1.165) is 3.57 Å². The van der Waals surface area contributed by atoms with E-state index in [1.165, 1.54) is 25.3 Å². The Bertz CT molecular complexity index is 736. The number of halogens is 1. The highest BCUT2D eigenvalue weighted by Crippen LogP contribution is 2.28. The van der Waals surface area contributed by atoms with Crippen LogP contribution < -0.4 is 14.8 Å². The van der Waals surface area contributed by atoms with Crippen LogP contribution in [0.5, 0.6) is 11.5 Å². The molecule has 23 heavy (non-hydrogen) atoms. The summed E-state index contributed by atoms with van der Waals surface area (Å²) in [4.78, 5) is 22.4. The Kier molecular flexibility index (Phi) is 5.74. The zero-order valence-corrected chi connectivity index (χ0v) is 14.3. The number of amides is 1. The molecule has 1 amide bonds. The normalized spacial score (nSPS) is 10.0. The molecule has 1 N–H and O–H groups in total. The molecule has 2 aromatic rings. The Morgan fingerprint density at radius 3 is 2.70 bits per heavy atom. The van der Waals surface area contributed by atoms with Crippen LogP contribution in [0.1, 0.15) is 0 Å². The maximum absolute atomic E-state index is 11.9. The minimum absolute atomic E-state index is 0.0899. The van der Waals surface area contributed by atoms with Gasteiger partial charge in [-0.1, -0.05) is 6.07 Å². The molecule has 0 bridgehead atoms. The zero-order chi connectivity index (χ0) is 16.8. The lowest BCUT2D eigenvalue weighted by Crippen LogP contribution is -2.20. The number of ether oxygens (including phenoxy) is 2. The smallest absolute Gasteiger partial charge is 0.296 e. The Labute approximate surface area is 145 Å². The maximum Gasteiger partial charge on any atom is 0.296 e. The van der Waals surface area contributed by atoms with Gasteiger partial charge in [0.05, 0.1) is 18.1 Å². The first-order chi connectivity index (χ1) is 11.0. The highest BCUT2D eigenvalue weighted by Gasteiger charge is 2.17. The first-order valence-electron chi connectivity index (χ1n) is 6.50. The van der Waals surface area contributed by atoms with Crippen molar-refractivity contribution in [3.63, 3.8) is 0 Å². The van der Waals surface area contributed by atoms with E-state index in [4.69, 9.17) is 9.47 Å². The van der Waals surface area contributed by atoms with Gasteiger partial charge < -0.3 is 14.8 Å². The van der Waals surface area contributed by atoms with Gasteiger partial charge in [-0.2, -0.15) is 0 Å². The number of hydrogen-bond acceptors (Lipinski definition) is 5. The van der Waals surface area contributed by atoms with Crippen molar-refractivity contribution in [2.75, 3.05) is 19.0 Å². The topological polar surface area (TPSA) is 90.7 Å². The molecule has 120 valence electrons. The van der Waals surface area contributed by atoms with Crippen molar-refractivity contribution in [1.29, 1.82) is 0 Å². The van der Waals surface area contributed by atoms with Gasteiger partial charge in [0, 0.05) is 3.57 Å². The summed E-state index contributed by atoms with van der Waals surface area (Å²) in [6, 6.07) is 11.4. The molecule has 0 saturated heterocycles. The molecule has 2 aromatic carbocycles. The quantitative estimate of drug-likeness (QED) is 0.434. The SMILES string of the molecule is COc1ccc(NC(=O)COc2cccc(I)c2)c([N+](=O)[O-])c1. The molecule has 0 unspecified atom stereocenters. The van der Waals surface area contributed by atoms with Crippen LogP contribution >= 0.6 is 22.6 Å². The van der Waals surface area contributed by atoms with E-state index in [1.54, 1.807) is 12.1 Å². The lowest BCUT2D eigenvalue weighted by molar-refractivity contribution is -0.384. The standard InChI is InChI=1S/C15H13IN2O5/c1-22-11-5-6-13(14(8-11)18(20)21)17-15(19)9-23-12-4-2-3-10(16)7-12/h2-8H,9H2,1H3,(H,17,19). The molecule has 0 aliphatic rings. The molecule has 0 aliphatic carbocycles. The molecular weight excluding hydrogens is 415 g/mol. The second kappa shape index (κ2) is 7.77. The van der Waals surface area contributed by atoms with Crippen molar-refractivity contribution < 1.29 is 19.2 Å². The summed E-state index contributed by atoms with van der Waals surface area (Å²) < 4.78 is 11.3. The van der Waals surface area contributed by atoms with Gasteiger partial charge in [0.1, 0.15) is 17.2 Å². The highest BCUT2D eigenvalue weighted by atomic mass is 127. The molecule has 0 radical (unpaired) electrons. The number of nitro groups is 1. The molecule has 0 spiro atoms. The van der Waals surface area contributed by atoms with Gasteiger partial charge in [-0.15, -0.1) is 0 Å². The van der Waals surface area contributed by atoms with Crippen molar-refractivity contribution >= 4 is 39.9 Å². The first-order valence-corrected chi connectivity index (χ1v) is 7.58. The predicted octanol–water partition coefficient (Wildman–Crippen LogP) is 3.23. The number of methoxy groups -OCH3 is 1. The minimum Gasteiger partial charge on any atom is -0.496 e. The molecule has 0 fully saturated rings. The Balaban J connectivity index is 2.04. The summed E-state index contributed by atoms with van der Waals surface area (Å²) in [6.07, 6.45) is 0. The molecule has 0 aromatic heterocycles. The van der Waals surface area contributed by atoms with Crippen LogP contribution in [-0.2, 0) is 4.79 Å². The van der Waals surface area contributed by atoms with Gasteiger partial charge in [0.15, 0.2) is 6.61 Å². The van der Waals surface area contributed by atoms with Gasteiger partial charge in [0.2, 0.25) is 0 Å². The number of anilines is 1. The van der Waals surface area contributed by atoms with Crippen molar-refractivity contribution in [2.24, 2.45) is 0 Å². The van der Waals surface area contributed by atoms with Crippen LogP contribution in [0, 0.1) is 13.7 Å². The summed E-state index contributed by atoms with van der Waals surface area (Å²) in [5, 5.41) is 13.5. The van der Waals surface area contributed by atoms with Crippen LogP contribution in [-0.4, -0.2) is 24.5 Å². The van der Waals surface area contributed by atoms with Crippen molar-refractivity contribution in [1.82, 2.24) is 0 Å². The van der Waals surface area contributed by atoms with Crippen molar-refractivity contribution in [2.45, 2.75) is 0 Å². The number of rotatable bonds is 6. The summed E-state index contributed by atoms with van der Waals surface area (Å²) >= 11 is 2.13. The van der Waals surface area contributed by atoms with E-state index in [-0.39, 0.29) is 18.0 Å². The number of hydrogen-bond donors (Lipinski definition) is 1. The fourth-order valence-corrected chi connectivity index (χ4v) is 2.30. The van der Waals surface area contributed by atoms with Crippen molar-refractivity contribution in [3.05, 3.63) is 56.1 Å². The lowest BCUT2D eigenvalue weighted by Gasteiger charge is -2.09. The summed E-state index contributed by atoms with van der Waals surface area (Å²) in [6.45, 7) is -0.247. The number of nitrogens with zero attached hydrogens (tertiary/aromatic N) is 1. The first kappa shape index (κ1) is 17.0. The number of nitro benzene ring substituents is 1. The molecule has 7 nitrogen and oxygen atoms in total. The lowest BCUT2D eigenvalue weighted by atomic mass is 10.2. The van der Waals surface area contributed by atoms with Gasteiger partial charge in [-0.25, -0.2) is 0 Å². The molecular formula is C15H13IN2O5. The van der Waals surface area contributed by atoms with E-state index < -0.39 is 10.8 Å². The fourth-order valence-electron chi connectivity index (χ4n) is 1.79. The molecule has 8 heteroatoms. The third kappa shape index (κ3) is 4.81. The fraction of sp³-hybridized carbons (Fsp3) is 0.133. The van der Waals surface area contributed by atoms with Crippen LogP contribution in [0.3, 0.4) is 0 Å². The number of carbonyl (C=O) groups is 1. The molecule has 0 heterocycles. The largest absolute Gasteiger partial charge is 0.496 e. The number of nitrogens with one attached hydrogen (secondary N) is 1. The Morgan fingerprint density at radius 2 is 2.04 bits per heavy atom. The second-order valence-electron chi connectivity index (χ2n) is 4.43. The van der Waals surface area contributed by atoms with E-state index in [0.29, 0.717) is 11.5 Å². The molecule has 2 rings (SSSR count). The number of carbonyl (C=O) groups excluding carboxylic acids is 1. The van der Waals surface area contributed by atoms with Crippen LogP contribution in [0.25, 0.3) is 0 Å². The van der Waals surface area contributed by atoms with Gasteiger partial charge in [0.25, 0.3) is 11.6 Å². The number of benzene rings is 2. The third-order valence-corrected chi connectivity index (χ3v) is 3.51.